The maximum absolute atomic E-state index is 13.8. The zero-order chi connectivity index (χ0) is 27.8. The van der Waals surface area contributed by atoms with E-state index in [-0.39, 0.29) is 40.8 Å². The van der Waals surface area contributed by atoms with Gasteiger partial charge in [0.1, 0.15) is 12.1 Å². The molecule has 0 spiro atoms. The second-order valence-corrected chi connectivity index (χ2v) is 9.38. The number of rotatable bonds is 6. The molecule has 3 heterocycles. The molecule has 0 aliphatic carbocycles. The van der Waals surface area contributed by atoms with Crippen molar-refractivity contribution < 1.29 is 9.13 Å². The van der Waals surface area contributed by atoms with Crippen LogP contribution < -0.4 is 16.0 Å². The van der Waals surface area contributed by atoms with Crippen LogP contribution in [0.25, 0.3) is 22.2 Å². The van der Waals surface area contributed by atoms with E-state index in [2.05, 4.69) is 21.1 Å². The van der Waals surface area contributed by atoms with Crippen LogP contribution >= 0.6 is 23.2 Å². The molecular weight excluding hydrogens is 548 g/mol. The smallest absolute Gasteiger partial charge is 0.332 e. The summed E-state index contributed by atoms with van der Waals surface area (Å²) in [7, 11) is 3.04. The van der Waals surface area contributed by atoms with Crippen molar-refractivity contribution in [3.05, 3.63) is 102 Å². The Morgan fingerprint density at radius 3 is 2.49 bits per heavy atom. The van der Waals surface area contributed by atoms with E-state index in [0.717, 1.165) is 4.57 Å². The lowest BCUT2D eigenvalue weighted by atomic mass is 10.0. The minimum Gasteiger partial charge on any atom is -0.481 e. The molecule has 39 heavy (non-hydrogen) atoms. The van der Waals surface area contributed by atoms with Crippen LogP contribution in [0.2, 0.25) is 10.0 Å². The van der Waals surface area contributed by atoms with Crippen LogP contribution in [0.5, 0.6) is 5.88 Å². The molecule has 3 aromatic heterocycles. The molecule has 0 radical (unpaired) electrons. The van der Waals surface area contributed by atoms with Gasteiger partial charge in [-0.05, 0) is 42.0 Å². The Morgan fingerprint density at radius 2 is 1.82 bits per heavy atom. The van der Waals surface area contributed by atoms with Gasteiger partial charge in [0.2, 0.25) is 5.88 Å². The van der Waals surface area contributed by atoms with Gasteiger partial charge in [-0.3, -0.25) is 18.6 Å². The molecule has 13 heteroatoms. The average molecular weight is 566 g/mol. The van der Waals surface area contributed by atoms with Crippen molar-refractivity contribution in [3.63, 3.8) is 0 Å². The minimum atomic E-state index is -0.683. The fourth-order valence-corrected chi connectivity index (χ4v) is 4.60. The van der Waals surface area contributed by atoms with Crippen LogP contribution in [-0.4, -0.2) is 36.0 Å². The first-order valence-corrected chi connectivity index (χ1v) is 12.2. The van der Waals surface area contributed by atoms with E-state index in [4.69, 9.17) is 27.9 Å². The highest BCUT2D eigenvalue weighted by molar-refractivity contribution is 6.33. The highest BCUT2D eigenvalue weighted by Crippen LogP contribution is 2.36. The van der Waals surface area contributed by atoms with Crippen molar-refractivity contribution in [3.8, 4) is 23.1 Å². The van der Waals surface area contributed by atoms with Crippen molar-refractivity contribution in [2.45, 2.75) is 13.1 Å². The van der Waals surface area contributed by atoms with E-state index in [9.17, 15) is 19.2 Å². The molecule has 2 aromatic carbocycles. The van der Waals surface area contributed by atoms with E-state index < -0.39 is 17.1 Å². The summed E-state index contributed by atoms with van der Waals surface area (Å²) in [6.45, 7) is -0.273. The summed E-state index contributed by atoms with van der Waals surface area (Å²) in [5.74, 6) is -0.297. The second-order valence-electron chi connectivity index (χ2n) is 8.56. The average Bonchev–Trinajstić information content (AvgIpc) is 3.35. The summed E-state index contributed by atoms with van der Waals surface area (Å²) < 4.78 is 23.1. The van der Waals surface area contributed by atoms with Gasteiger partial charge in [0, 0.05) is 23.2 Å². The Kier molecular flexibility index (Phi) is 6.91. The highest BCUT2D eigenvalue weighted by Gasteiger charge is 2.21. The summed E-state index contributed by atoms with van der Waals surface area (Å²) in [5, 5.41) is 13.8. The van der Waals surface area contributed by atoms with Crippen LogP contribution in [0.15, 0.2) is 58.4 Å². The van der Waals surface area contributed by atoms with E-state index in [1.165, 1.54) is 40.9 Å². The lowest BCUT2D eigenvalue weighted by molar-refractivity contribution is 0.401. The van der Waals surface area contributed by atoms with Crippen LogP contribution in [0, 0.1) is 17.1 Å². The molecule has 5 rings (SSSR count). The first kappa shape index (κ1) is 26.1. The van der Waals surface area contributed by atoms with Gasteiger partial charge >= 0.3 is 5.69 Å². The van der Waals surface area contributed by atoms with Gasteiger partial charge in [-0.1, -0.05) is 29.3 Å². The van der Waals surface area contributed by atoms with Gasteiger partial charge in [0.05, 0.1) is 42.4 Å². The van der Waals surface area contributed by atoms with E-state index >= 15 is 0 Å². The summed E-state index contributed by atoms with van der Waals surface area (Å²) in [6, 6.07) is 12.4. The molecule has 0 saturated heterocycles. The Hall–Kier alpha value is -4.53. The fraction of sp³-hybridized carbons (Fsp3) is 0.154. The van der Waals surface area contributed by atoms with Gasteiger partial charge in [0.25, 0.3) is 5.56 Å². The third-order valence-corrected chi connectivity index (χ3v) is 6.64. The van der Waals surface area contributed by atoms with Gasteiger partial charge in [-0.15, -0.1) is 0 Å². The van der Waals surface area contributed by atoms with E-state index in [1.54, 1.807) is 31.3 Å². The molecule has 5 aromatic rings. The maximum atomic E-state index is 13.8. The monoisotopic (exact) mass is 565 g/mol. The summed E-state index contributed by atoms with van der Waals surface area (Å²) in [6.07, 6.45) is 1.45. The Bertz CT molecular complexity index is 1920. The first-order valence-electron chi connectivity index (χ1n) is 11.4. The summed E-state index contributed by atoms with van der Waals surface area (Å²) in [5.41, 5.74) is 0.388. The van der Waals surface area contributed by atoms with Crippen molar-refractivity contribution in [2.24, 2.45) is 7.05 Å². The number of halogens is 3. The predicted octanol–water partition coefficient (Wildman–Crippen LogP) is 3.78. The molecule has 196 valence electrons. The van der Waals surface area contributed by atoms with E-state index in [1.807, 2.05) is 0 Å². The molecule has 0 bridgehead atoms. The standard InChI is InChI=1S/C26H18Cl2FN7O3/c1-34-13-31-22(33-34)12-36-25(37)23-21(35(26(36)38)11-15-4-6-20(29)19(28)8-15)9-17(24(32-23)39-2)16-7-14(10-30)3-5-18(16)27/h3-9,13H,11-12H2,1-2H3. The number of aryl methyl sites for hydroxylation is 1. The van der Waals surface area contributed by atoms with Gasteiger partial charge in [-0.25, -0.2) is 19.2 Å². The van der Waals surface area contributed by atoms with Crippen molar-refractivity contribution in [1.29, 1.82) is 5.26 Å². The van der Waals surface area contributed by atoms with Gasteiger partial charge < -0.3 is 4.74 Å². The third kappa shape index (κ3) is 4.87. The normalized spacial score (nSPS) is 11.1. The van der Waals surface area contributed by atoms with Crippen molar-refractivity contribution in [1.82, 2.24) is 28.9 Å². The molecule has 10 nitrogen and oxygen atoms in total. The number of fused-ring (bicyclic) bond motifs is 1. The molecule has 0 atom stereocenters. The zero-order valence-corrected chi connectivity index (χ0v) is 22.0. The molecule has 0 N–H and O–H groups in total. The third-order valence-electron chi connectivity index (χ3n) is 6.02. The predicted molar refractivity (Wildman–Crippen MR) is 143 cm³/mol. The number of benzene rings is 2. The van der Waals surface area contributed by atoms with Crippen LogP contribution in [0.1, 0.15) is 17.0 Å². The van der Waals surface area contributed by atoms with Crippen LogP contribution in [0.3, 0.4) is 0 Å². The Morgan fingerprint density at radius 1 is 1.03 bits per heavy atom. The Balaban J connectivity index is 1.82. The van der Waals surface area contributed by atoms with Crippen molar-refractivity contribution >= 4 is 34.2 Å². The number of methoxy groups -OCH3 is 1. The molecule has 0 fully saturated rings. The maximum Gasteiger partial charge on any atom is 0.332 e. The topological polar surface area (TPSA) is 121 Å². The quantitative estimate of drug-likeness (QED) is 0.307. The Labute approximate surface area is 230 Å². The number of pyridine rings is 1. The van der Waals surface area contributed by atoms with Gasteiger partial charge in [0.15, 0.2) is 11.3 Å². The number of ether oxygens (including phenoxy) is 1. The molecule has 0 aliphatic heterocycles. The second kappa shape index (κ2) is 10.3. The van der Waals surface area contributed by atoms with Crippen LogP contribution in [-0.2, 0) is 20.1 Å². The van der Waals surface area contributed by atoms with Crippen LogP contribution in [0.4, 0.5) is 4.39 Å². The van der Waals surface area contributed by atoms with Crippen molar-refractivity contribution in [2.75, 3.05) is 7.11 Å². The van der Waals surface area contributed by atoms with E-state index in [0.29, 0.717) is 27.3 Å². The molecule has 0 aliphatic rings. The summed E-state index contributed by atoms with van der Waals surface area (Å²) >= 11 is 12.4. The molecule has 0 amide bonds. The number of nitriles is 1. The highest BCUT2D eigenvalue weighted by atomic mass is 35.5. The fourth-order valence-electron chi connectivity index (χ4n) is 4.17. The molecule has 0 saturated carbocycles. The molecule has 0 unspecified atom stereocenters. The lowest BCUT2D eigenvalue weighted by Gasteiger charge is -2.16. The van der Waals surface area contributed by atoms with Gasteiger partial charge in [-0.2, -0.15) is 10.4 Å². The number of aromatic nitrogens is 6. The number of hydrogen-bond donors (Lipinski definition) is 0. The number of hydrogen-bond acceptors (Lipinski definition) is 7. The minimum absolute atomic E-state index is 0.0631. The number of nitrogens with zero attached hydrogens (tertiary/aromatic N) is 7. The molecular formula is C26H18Cl2FN7O3. The summed E-state index contributed by atoms with van der Waals surface area (Å²) in [4.78, 5) is 35.9. The largest absolute Gasteiger partial charge is 0.481 e. The SMILES string of the molecule is COc1nc2c(=O)n(Cc3ncn(C)n3)c(=O)n(Cc3ccc(F)c(Cl)c3)c2cc1-c1cc(C#N)ccc1Cl. The lowest BCUT2D eigenvalue weighted by Crippen LogP contribution is -2.41. The zero-order valence-electron chi connectivity index (χ0n) is 20.5. The first-order chi connectivity index (χ1) is 18.7.